The largest absolute Gasteiger partial charge is 0.481 e. The van der Waals surface area contributed by atoms with Gasteiger partial charge in [-0.05, 0) is 35.8 Å². The number of aliphatic carboxylic acids is 3. The van der Waals surface area contributed by atoms with Gasteiger partial charge in [-0.15, -0.1) is 0 Å². The molecular formula is C44H58N6O13S. The lowest BCUT2D eigenvalue weighted by Gasteiger charge is -2.33. The fourth-order valence-electron chi connectivity index (χ4n) is 7.53. The summed E-state index contributed by atoms with van der Waals surface area (Å²) >= 11 is 4.02. The number of carbonyl (C=O) groups excluding carboxylic acids is 7. The molecule has 1 aliphatic carbocycles. The summed E-state index contributed by atoms with van der Waals surface area (Å²) in [6.45, 7) is 4.25. The topological polar surface area (TPSA) is 304 Å². The first-order valence-corrected chi connectivity index (χ1v) is 21.7. The smallest absolute Gasteiger partial charge is 0.374 e. The molecule has 9 N–H and O–H groups in total. The Balaban J connectivity index is 2.08. The van der Waals surface area contributed by atoms with Gasteiger partial charge in [-0.3, -0.25) is 43.2 Å². The van der Waals surface area contributed by atoms with Crippen molar-refractivity contribution in [3.05, 3.63) is 71.8 Å². The molecule has 0 aliphatic heterocycles. The quantitative estimate of drug-likeness (QED) is 0.0497. The average Bonchev–Trinajstić information content (AvgIpc) is 3.25. The lowest BCUT2D eigenvalue weighted by molar-refractivity contribution is -0.150. The summed E-state index contributed by atoms with van der Waals surface area (Å²) in [5.74, 6) is -13.3. The maximum Gasteiger partial charge on any atom is 0.374 e. The van der Waals surface area contributed by atoms with E-state index in [2.05, 4.69) is 44.5 Å². The molecule has 0 unspecified atom stereocenters. The van der Waals surface area contributed by atoms with Gasteiger partial charge in [0, 0.05) is 25.0 Å². The second kappa shape index (κ2) is 25.7. The van der Waals surface area contributed by atoms with Crippen molar-refractivity contribution in [1.82, 2.24) is 31.9 Å². The lowest BCUT2D eigenvalue weighted by atomic mass is 9.84. The van der Waals surface area contributed by atoms with Crippen molar-refractivity contribution in [2.75, 3.05) is 5.75 Å². The maximum absolute atomic E-state index is 14.8. The van der Waals surface area contributed by atoms with Crippen LogP contribution in [-0.2, 0) is 47.9 Å². The molecule has 0 aromatic heterocycles. The molecule has 1 aliphatic rings. The number of carboxylic acids is 3. The zero-order valence-corrected chi connectivity index (χ0v) is 36.8. The predicted molar refractivity (Wildman–Crippen MR) is 234 cm³/mol. The second-order valence-electron chi connectivity index (χ2n) is 16.1. The van der Waals surface area contributed by atoms with Crippen molar-refractivity contribution >= 4 is 71.8 Å². The number of hydrogen-bond acceptors (Lipinski definition) is 11. The molecule has 0 radical (unpaired) electrons. The summed E-state index contributed by atoms with van der Waals surface area (Å²) in [4.78, 5) is 130. The van der Waals surface area contributed by atoms with Crippen LogP contribution in [0.25, 0.3) is 0 Å². The van der Waals surface area contributed by atoms with Crippen molar-refractivity contribution < 1.29 is 63.3 Å². The molecule has 0 spiro atoms. The van der Waals surface area contributed by atoms with Crippen molar-refractivity contribution in [3.8, 4) is 0 Å². The van der Waals surface area contributed by atoms with E-state index in [0.717, 1.165) is 39.0 Å². The Morgan fingerprint density at radius 3 is 1.56 bits per heavy atom. The summed E-state index contributed by atoms with van der Waals surface area (Å²) in [7, 11) is 0. The highest BCUT2D eigenvalue weighted by atomic mass is 32.1. The van der Waals surface area contributed by atoms with E-state index in [9.17, 15) is 63.3 Å². The first kappa shape index (κ1) is 52.0. The fraction of sp³-hybridized carbons (Fsp3) is 0.500. The van der Waals surface area contributed by atoms with Crippen molar-refractivity contribution in [2.45, 2.75) is 121 Å². The van der Waals surface area contributed by atoms with Gasteiger partial charge in [-0.25, -0.2) is 4.79 Å². The number of carbonyl (C=O) groups is 10. The molecule has 6 atom stereocenters. The van der Waals surface area contributed by atoms with Gasteiger partial charge in [-0.2, -0.15) is 12.6 Å². The Morgan fingerprint density at radius 1 is 0.594 bits per heavy atom. The molecule has 348 valence electrons. The number of amides is 6. The third-order valence-electron chi connectivity index (χ3n) is 10.8. The van der Waals surface area contributed by atoms with Crippen LogP contribution < -0.4 is 31.9 Å². The number of nitrogens with one attached hydrogen (secondary N) is 6. The van der Waals surface area contributed by atoms with Crippen molar-refractivity contribution in [2.24, 2.45) is 11.8 Å². The number of rotatable bonds is 25. The minimum atomic E-state index is -1.80. The van der Waals surface area contributed by atoms with Gasteiger partial charge in [-0.1, -0.05) is 107 Å². The predicted octanol–water partition coefficient (Wildman–Crippen LogP) is 1.30. The molecule has 1 saturated carbocycles. The maximum atomic E-state index is 14.8. The highest BCUT2D eigenvalue weighted by molar-refractivity contribution is 7.80. The number of hydrogen-bond donors (Lipinski definition) is 10. The number of carboxylic acid groups (broad SMARTS) is 3. The van der Waals surface area contributed by atoms with Gasteiger partial charge in [0.1, 0.15) is 36.3 Å². The van der Waals surface area contributed by atoms with Gasteiger partial charge in [0.25, 0.3) is 5.78 Å². The molecule has 3 rings (SSSR count). The lowest BCUT2D eigenvalue weighted by Crippen LogP contribution is -2.61. The summed E-state index contributed by atoms with van der Waals surface area (Å²) in [6.07, 6.45) is 2.29. The minimum absolute atomic E-state index is 0.0503. The van der Waals surface area contributed by atoms with E-state index in [-0.39, 0.29) is 18.1 Å². The Morgan fingerprint density at radius 2 is 1.08 bits per heavy atom. The molecule has 0 heterocycles. The van der Waals surface area contributed by atoms with Gasteiger partial charge in [0.05, 0.1) is 6.42 Å². The Bertz CT molecular complexity index is 1920. The van der Waals surface area contributed by atoms with Crippen LogP contribution in [0.2, 0.25) is 0 Å². The fourth-order valence-corrected chi connectivity index (χ4v) is 7.79. The van der Waals surface area contributed by atoms with Crippen LogP contribution in [0.4, 0.5) is 0 Å². The monoisotopic (exact) mass is 910 g/mol. The molecule has 2 aromatic rings. The summed E-state index contributed by atoms with van der Waals surface area (Å²) < 4.78 is 0. The van der Waals surface area contributed by atoms with Crippen molar-refractivity contribution in [1.29, 1.82) is 0 Å². The SMILES string of the molecule is CC(=O)N[C@@H](CC(=O)O)C(=O)N[C@@H](C(=O)N[C@H](C(=O)N[C@@H](CCC(=O)O)C(=O)N[C@@H](CC1CCCCC1)C(=O)N[C@@H](CS)C(=O)C(=O)O)C(c1ccccc1)c1ccccc1)C(C)C. The summed E-state index contributed by atoms with van der Waals surface area (Å²) in [6, 6.07) is 8.01. The highest BCUT2D eigenvalue weighted by Crippen LogP contribution is 2.30. The van der Waals surface area contributed by atoms with E-state index >= 15 is 0 Å². The first-order valence-electron chi connectivity index (χ1n) is 21.0. The van der Waals surface area contributed by atoms with Crippen molar-refractivity contribution in [3.63, 3.8) is 0 Å². The molecule has 19 nitrogen and oxygen atoms in total. The Labute approximate surface area is 376 Å². The molecule has 0 saturated heterocycles. The summed E-state index contributed by atoms with van der Waals surface area (Å²) in [5.41, 5.74) is 1.05. The molecule has 6 amide bonds. The number of benzene rings is 2. The second-order valence-corrected chi connectivity index (χ2v) is 16.4. The standard InChI is InChI=1S/C44H58N6O13S/c1-24(2)36(49-41(59)31(22-34(54)55)45-25(3)51)42(60)50-37(35(27-15-9-5-10-16-27)28-17-11-6-12-18-28)43(61)46-29(19-20-33(52)53)39(57)47-30(21-26-13-7-4-8-14-26)40(58)48-32(23-64)38(56)44(62)63/h5-6,9-12,15-18,24,26,29-32,35-37,64H,4,7-8,13-14,19-23H2,1-3H3,(H,45,51)(H,46,61)(H,47,57)(H,48,58)(H,49,59)(H,50,60)(H,52,53)(H,54,55)(H,62,63)/t29-,30-,31-,32-,36+,37-/m0/s1. The number of Topliss-reactive ketones (excluding diaryl/α,β-unsaturated/α-hetero) is 1. The van der Waals surface area contributed by atoms with E-state index < -0.39 is 126 Å². The number of ketones is 1. The Hall–Kier alpha value is -6.31. The third kappa shape index (κ3) is 16.4. The van der Waals surface area contributed by atoms with Crippen LogP contribution in [0.5, 0.6) is 0 Å². The van der Waals surface area contributed by atoms with Gasteiger partial charge >= 0.3 is 17.9 Å². The molecule has 2 aromatic carbocycles. The van der Waals surface area contributed by atoms with E-state index in [4.69, 9.17) is 0 Å². The van der Waals surface area contributed by atoms with Crippen LogP contribution in [0, 0.1) is 11.8 Å². The average molecular weight is 911 g/mol. The number of thiol groups is 1. The minimum Gasteiger partial charge on any atom is -0.481 e. The van der Waals surface area contributed by atoms with E-state index in [1.165, 1.54) is 0 Å². The zero-order valence-electron chi connectivity index (χ0n) is 35.9. The molecule has 1 fully saturated rings. The first-order chi connectivity index (χ1) is 30.3. The molecular weight excluding hydrogens is 853 g/mol. The Kier molecular flexibility index (Phi) is 20.9. The van der Waals surface area contributed by atoms with Gasteiger partial charge in [0.2, 0.25) is 35.4 Å². The normalized spacial score (nSPS) is 15.5. The molecule has 20 heteroatoms. The highest BCUT2D eigenvalue weighted by Gasteiger charge is 2.39. The van der Waals surface area contributed by atoms with Crippen LogP contribution >= 0.6 is 12.6 Å². The third-order valence-corrected chi connectivity index (χ3v) is 11.1. The van der Waals surface area contributed by atoms with Crippen LogP contribution in [0.15, 0.2) is 60.7 Å². The van der Waals surface area contributed by atoms with E-state index in [0.29, 0.717) is 11.1 Å². The van der Waals surface area contributed by atoms with Crippen LogP contribution in [-0.4, -0.2) is 116 Å². The van der Waals surface area contributed by atoms with Gasteiger partial charge in [0.15, 0.2) is 0 Å². The molecule has 64 heavy (non-hydrogen) atoms. The van der Waals surface area contributed by atoms with E-state index in [1.54, 1.807) is 74.5 Å². The van der Waals surface area contributed by atoms with Crippen LogP contribution in [0.3, 0.4) is 0 Å². The van der Waals surface area contributed by atoms with E-state index in [1.807, 2.05) is 0 Å². The zero-order chi connectivity index (χ0) is 47.5. The molecule has 0 bridgehead atoms. The van der Waals surface area contributed by atoms with Crippen LogP contribution in [0.1, 0.15) is 95.6 Å². The summed E-state index contributed by atoms with van der Waals surface area (Å²) in [5, 5.41) is 43.4. The van der Waals surface area contributed by atoms with Gasteiger partial charge < -0.3 is 47.2 Å².